The van der Waals surface area contributed by atoms with Crippen molar-refractivity contribution in [3.8, 4) is 0 Å². The Morgan fingerprint density at radius 3 is 2.50 bits per heavy atom. The first-order chi connectivity index (χ1) is 12.5. The zero-order valence-electron chi connectivity index (χ0n) is 14.2. The van der Waals surface area contributed by atoms with E-state index in [1.807, 2.05) is 24.3 Å². The number of carbonyl (C=O) groups is 1. The average molecular weight is 357 g/mol. The Kier molecular flexibility index (Phi) is 4.46. The van der Waals surface area contributed by atoms with Crippen molar-refractivity contribution in [2.24, 2.45) is 5.73 Å². The lowest BCUT2D eigenvalue weighted by Gasteiger charge is -2.40. The van der Waals surface area contributed by atoms with Gasteiger partial charge in [0.1, 0.15) is 18.0 Å². The van der Waals surface area contributed by atoms with Crippen molar-refractivity contribution in [3.05, 3.63) is 71.0 Å². The van der Waals surface area contributed by atoms with Crippen LogP contribution in [0.4, 0.5) is 8.78 Å². The van der Waals surface area contributed by atoms with Crippen molar-refractivity contribution >= 4 is 5.91 Å². The maximum atomic E-state index is 13.4. The molecule has 3 atom stereocenters. The molecule has 2 aromatic carbocycles. The van der Waals surface area contributed by atoms with Crippen molar-refractivity contribution in [2.75, 3.05) is 13.1 Å². The van der Waals surface area contributed by atoms with Crippen LogP contribution in [0.15, 0.2) is 48.5 Å². The molecule has 0 saturated carbocycles. The van der Waals surface area contributed by atoms with E-state index in [0.29, 0.717) is 12.0 Å². The number of fused-ring (bicyclic) bond motifs is 1. The molecule has 1 fully saturated rings. The summed E-state index contributed by atoms with van der Waals surface area (Å²) in [5.74, 6) is -0.593. The van der Waals surface area contributed by atoms with Crippen LogP contribution in [0.25, 0.3) is 0 Å². The number of alkyl halides is 1. The molecule has 26 heavy (non-hydrogen) atoms. The van der Waals surface area contributed by atoms with Gasteiger partial charge in [0.25, 0.3) is 0 Å². The fourth-order valence-corrected chi connectivity index (χ4v) is 3.87. The molecule has 0 aromatic heterocycles. The number of nitrogens with one attached hydrogen (secondary N) is 1. The van der Waals surface area contributed by atoms with Crippen molar-refractivity contribution in [2.45, 2.75) is 30.7 Å². The third-order valence-electron chi connectivity index (χ3n) is 5.28. The van der Waals surface area contributed by atoms with Crippen LogP contribution in [-0.2, 0) is 11.2 Å². The van der Waals surface area contributed by atoms with E-state index in [2.05, 4.69) is 5.32 Å². The minimum absolute atomic E-state index is 0.201. The maximum absolute atomic E-state index is 13.4. The second-order valence-corrected chi connectivity index (χ2v) is 7.05. The van der Waals surface area contributed by atoms with E-state index in [-0.39, 0.29) is 36.9 Å². The van der Waals surface area contributed by atoms with Crippen LogP contribution in [-0.4, -0.2) is 36.1 Å². The number of hydrogen-bond acceptors (Lipinski definition) is 3. The number of amides is 1. The topological polar surface area (TPSA) is 58.4 Å². The fourth-order valence-electron chi connectivity index (χ4n) is 3.87. The Labute approximate surface area is 151 Å². The standard InChI is InChI=1S/C20H21F2N3O/c21-14-7-5-12(6-8-14)19(25-10-15(22)11-25)20(26)24-17-9-13-3-1-2-4-16(13)18(17)23/h1-8,15,17-19H,9-11,23H2,(H,24,26)/t17-,18?,19?/m0/s1. The molecule has 136 valence electrons. The second-order valence-electron chi connectivity index (χ2n) is 7.05. The first-order valence-corrected chi connectivity index (χ1v) is 8.80. The monoisotopic (exact) mass is 357 g/mol. The van der Waals surface area contributed by atoms with Crippen LogP contribution >= 0.6 is 0 Å². The van der Waals surface area contributed by atoms with Gasteiger partial charge in [0.2, 0.25) is 5.91 Å². The number of carbonyl (C=O) groups excluding carboxylic acids is 1. The smallest absolute Gasteiger partial charge is 0.242 e. The van der Waals surface area contributed by atoms with E-state index in [1.54, 1.807) is 17.0 Å². The largest absolute Gasteiger partial charge is 0.349 e. The van der Waals surface area contributed by atoms with Gasteiger partial charge in [0.05, 0.1) is 12.1 Å². The number of halogens is 2. The molecule has 2 aliphatic rings. The van der Waals surface area contributed by atoms with E-state index in [1.165, 1.54) is 12.1 Å². The highest BCUT2D eigenvalue weighted by Gasteiger charge is 2.39. The molecule has 4 nitrogen and oxygen atoms in total. The molecule has 1 aliphatic carbocycles. The predicted octanol–water partition coefficient (Wildman–Crippen LogP) is 2.26. The van der Waals surface area contributed by atoms with E-state index < -0.39 is 12.2 Å². The fraction of sp³-hybridized carbons (Fsp3) is 0.350. The highest BCUT2D eigenvalue weighted by molar-refractivity contribution is 5.84. The molecule has 1 heterocycles. The van der Waals surface area contributed by atoms with Gasteiger partial charge >= 0.3 is 0 Å². The summed E-state index contributed by atoms with van der Waals surface area (Å²) in [5.41, 5.74) is 9.14. The SMILES string of the molecule is NC1c2ccccc2C[C@@H]1NC(=O)C(c1ccc(F)cc1)N1CC(F)C1. The van der Waals surface area contributed by atoms with Crippen molar-refractivity contribution in [3.63, 3.8) is 0 Å². The third kappa shape index (κ3) is 3.10. The van der Waals surface area contributed by atoms with Gasteiger partial charge in [-0.15, -0.1) is 0 Å². The first-order valence-electron chi connectivity index (χ1n) is 8.80. The molecule has 2 aromatic rings. The Morgan fingerprint density at radius 2 is 1.85 bits per heavy atom. The van der Waals surface area contributed by atoms with Gasteiger partial charge in [-0.1, -0.05) is 36.4 Å². The molecule has 1 aliphatic heterocycles. The number of nitrogens with two attached hydrogens (primary N) is 1. The van der Waals surface area contributed by atoms with Gasteiger partial charge in [-0.05, 0) is 35.2 Å². The number of benzene rings is 2. The van der Waals surface area contributed by atoms with Gasteiger partial charge in [-0.25, -0.2) is 8.78 Å². The summed E-state index contributed by atoms with van der Waals surface area (Å²) < 4.78 is 26.6. The lowest BCUT2D eigenvalue weighted by atomic mass is 9.99. The van der Waals surface area contributed by atoms with Gasteiger partial charge in [0, 0.05) is 13.1 Å². The molecule has 4 rings (SSSR count). The summed E-state index contributed by atoms with van der Waals surface area (Å²) in [6.07, 6.45) is -0.256. The van der Waals surface area contributed by atoms with Crippen molar-refractivity contribution in [1.29, 1.82) is 0 Å². The number of likely N-dealkylation sites (tertiary alicyclic amines) is 1. The zero-order valence-corrected chi connectivity index (χ0v) is 14.2. The second kappa shape index (κ2) is 6.78. The summed E-state index contributed by atoms with van der Waals surface area (Å²) in [7, 11) is 0. The average Bonchev–Trinajstić information content (AvgIpc) is 2.91. The highest BCUT2D eigenvalue weighted by Crippen LogP contribution is 2.32. The quantitative estimate of drug-likeness (QED) is 0.883. The molecule has 1 amide bonds. The Balaban J connectivity index is 1.53. The number of rotatable bonds is 4. The van der Waals surface area contributed by atoms with Crippen LogP contribution in [0.1, 0.15) is 28.8 Å². The van der Waals surface area contributed by atoms with Crippen LogP contribution in [0.5, 0.6) is 0 Å². The molecule has 6 heteroatoms. The zero-order chi connectivity index (χ0) is 18.3. The van der Waals surface area contributed by atoms with Crippen LogP contribution in [0.2, 0.25) is 0 Å². The minimum atomic E-state index is -0.927. The van der Waals surface area contributed by atoms with Crippen LogP contribution in [0, 0.1) is 5.82 Å². The van der Waals surface area contributed by atoms with Crippen LogP contribution in [0.3, 0.4) is 0 Å². The molecule has 2 unspecified atom stereocenters. The predicted molar refractivity (Wildman–Crippen MR) is 94.6 cm³/mol. The molecule has 0 bridgehead atoms. The van der Waals surface area contributed by atoms with Gasteiger partial charge < -0.3 is 11.1 Å². The normalized spacial score (nSPS) is 24.0. The Bertz CT molecular complexity index is 805. The van der Waals surface area contributed by atoms with E-state index >= 15 is 0 Å². The molecular formula is C20H21F2N3O. The van der Waals surface area contributed by atoms with E-state index in [0.717, 1.165) is 11.1 Å². The summed E-state index contributed by atoms with van der Waals surface area (Å²) in [6.45, 7) is 0.402. The van der Waals surface area contributed by atoms with E-state index in [9.17, 15) is 13.6 Å². The minimum Gasteiger partial charge on any atom is -0.349 e. The van der Waals surface area contributed by atoms with Gasteiger partial charge in [-0.3, -0.25) is 9.69 Å². The molecular weight excluding hydrogens is 336 g/mol. The molecule has 1 saturated heterocycles. The van der Waals surface area contributed by atoms with Gasteiger partial charge in [0.15, 0.2) is 0 Å². The highest BCUT2D eigenvalue weighted by atomic mass is 19.1. The Hall–Kier alpha value is -2.31. The first kappa shape index (κ1) is 17.1. The Morgan fingerprint density at radius 1 is 1.15 bits per heavy atom. The van der Waals surface area contributed by atoms with E-state index in [4.69, 9.17) is 5.73 Å². The molecule has 0 spiro atoms. The molecule has 3 N–H and O–H groups in total. The number of nitrogens with zero attached hydrogens (tertiary/aromatic N) is 1. The summed E-state index contributed by atoms with van der Waals surface area (Å²) in [4.78, 5) is 14.8. The molecule has 0 radical (unpaired) electrons. The maximum Gasteiger partial charge on any atom is 0.242 e. The van der Waals surface area contributed by atoms with Crippen LogP contribution < -0.4 is 11.1 Å². The van der Waals surface area contributed by atoms with Gasteiger partial charge in [-0.2, -0.15) is 0 Å². The van der Waals surface area contributed by atoms with Crippen molar-refractivity contribution in [1.82, 2.24) is 10.2 Å². The summed E-state index contributed by atoms with van der Waals surface area (Å²) in [5, 5.41) is 3.03. The third-order valence-corrected chi connectivity index (χ3v) is 5.28. The lowest BCUT2D eigenvalue weighted by Crippen LogP contribution is -2.55. The number of hydrogen-bond donors (Lipinski definition) is 2. The summed E-state index contributed by atoms with van der Waals surface area (Å²) in [6, 6.07) is 12.6. The lowest BCUT2D eigenvalue weighted by molar-refractivity contribution is -0.130. The summed E-state index contributed by atoms with van der Waals surface area (Å²) >= 11 is 0. The van der Waals surface area contributed by atoms with Crippen molar-refractivity contribution < 1.29 is 13.6 Å².